The van der Waals surface area contributed by atoms with Crippen LogP contribution in [0.15, 0.2) is 48.5 Å². The Labute approximate surface area is 159 Å². The fraction of sp³-hybridized carbons (Fsp3) is 0.318. The molecule has 0 fully saturated rings. The second-order valence-corrected chi connectivity index (χ2v) is 7.07. The monoisotopic (exact) mass is 368 g/mol. The smallest absolute Gasteiger partial charge is 0.336 e. The highest BCUT2D eigenvalue weighted by Gasteiger charge is 2.25. The van der Waals surface area contributed by atoms with E-state index in [1.165, 1.54) is 7.11 Å². The predicted octanol–water partition coefficient (Wildman–Crippen LogP) is 4.24. The molecule has 5 heteroatoms. The van der Waals surface area contributed by atoms with Crippen molar-refractivity contribution in [1.29, 1.82) is 0 Å². The zero-order valence-electron chi connectivity index (χ0n) is 15.8. The molecule has 2 rings (SSSR count). The third kappa shape index (κ3) is 5.03. The van der Waals surface area contributed by atoms with Gasteiger partial charge in [0.25, 0.3) is 0 Å². The molecule has 0 unspecified atom stereocenters. The summed E-state index contributed by atoms with van der Waals surface area (Å²) in [6.45, 7) is 3.98. The molecule has 1 N–H and O–H groups in total. The zero-order chi connectivity index (χ0) is 20.0. The van der Waals surface area contributed by atoms with Gasteiger partial charge in [-0.3, -0.25) is 9.59 Å². The minimum Gasteiger partial charge on any atom is -0.478 e. The number of ketones is 1. The largest absolute Gasteiger partial charge is 0.478 e. The number of carboxylic acid groups (broad SMARTS) is 1. The van der Waals surface area contributed by atoms with Crippen molar-refractivity contribution in [3.63, 3.8) is 0 Å². The first-order valence-electron chi connectivity index (χ1n) is 8.80. The van der Waals surface area contributed by atoms with E-state index < -0.39 is 5.97 Å². The molecular weight excluding hydrogens is 344 g/mol. The Morgan fingerprint density at radius 1 is 1.00 bits per heavy atom. The molecule has 0 aliphatic carbocycles. The summed E-state index contributed by atoms with van der Waals surface area (Å²) in [6.07, 6.45) is 1.64. The molecule has 27 heavy (non-hydrogen) atoms. The first kappa shape index (κ1) is 20.4. The third-order valence-electron chi connectivity index (χ3n) is 4.72. The number of carbonyl (C=O) groups excluding carboxylic acids is 2. The molecule has 0 bridgehead atoms. The summed E-state index contributed by atoms with van der Waals surface area (Å²) in [5.74, 6) is -1.72. The number of methoxy groups -OCH3 is 1. The van der Waals surface area contributed by atoms with E-state index in [2.05, 4.69) is 4.74 Å². The molecule has 0 saturated heterocycles. The van der Waals surface area contributed by atoms with Crippen molar-refractivity contribution in [2.45, 2.75) is 38.5 Å². The molecule has 142 valence electrons. The zero-order valence-corrected chi connectivity index (χ0v) is 15.8. The Bertz CT molecular complexity index is 837. The second-order valence-electron chi connectivity index (χ2n) is 7.07. The number of carboxylic acids is 1. The van der Waals surface area contributed by atoms with Gasteiger partial charge in [0.05, 0.1) is 12.7 Å². The van der Waals surface area contributed by atoms with Crippen molar-refractivity contribution in [2.75, 3.05) is 7.11 Å². The number of aromatic carboxylic acids is 1. The van der Waals surface area contributed by atoms with Crippen LogP contribution in [0.2, 0.25) is 0 Å². The van der Waals surface area contributed by atoms with Crippen LogP contribution in [0.4, 0.5) is 0 Å². The van der Waals surface area contributed by atoms with Gasteiger partial charge in [0.15, 0.2) is 5.78 Å². The van der Waals surface area contributed by atoms with E-state index in [-0.39, 0.29) is 28.3 Å². The van der Waals surface area contributed by atoms with Gasteiger partial charge in [-0.2, -0.15) is 0 Å². The van der Waals surface area contributed by atoms with Crippen LogP contribution < -0.4 is 0 Å². The lowest BCUT2D eigenvalue weighted by atomic mass is 9.78. The molecule has 0 atom stereocenters. The van der Waals surface area contributed by atoms with Gasteiger partial charge >= 0.3 is 11.9 Å². The average Bonchev–Trinajstić information content (AvgIpc) is 2.67. The maximum absolute atomic E-state index is 12.7. The van der Waals surface area contributed by atoms with Gasteiger partial charge in [0, 0.05) is 17.5 Å². The summed E-state index contributed by atoms with van der Waals surface area (Å²) in [5.41, 5.74) is 1.08. The fourth-order valence-electron chi connectivity index (χ4n) is 3.01. The molecule has 0 radical (unpaired) electrons. The number of esters is 1. The highest BCUT2D eigenvalue weighted by molar-refractivity contribution is 6.14. The number of ether oxygens (including phenoxy) is 1. The van der Waals surface area contributed by atoms with Gasteiger partial charge in [0.2, 0.25) is 0 Å². The maximum Gasteiger partial charge on any atom is 0.336 e. The van der Waals surface area contributed by atoms with Crippen molar-refractivity contribution < 1.29 is 24.2 Å². The molecule has 0 amide bonds. The van der Waals surface area contributed by atoms with Crippen molar-refractivity contribution in [3.8, 4) is 0 Å². The molecule has 2 aromatic carbocycles. The molecule has 0 heterocycles. The fourth-order valence-corrected chi connectivity index (χ4v) is 3.01. The quantitative estimate of drug-likeness (QED) is 0.557. The summed E-state index contributed by atoms with van der Waals surface area (Å²) in [7, 11) is 1.36. The highest BCUT2D eigenvalue weighted by Crippen LogP contribution is 2.31. The Morgan fingerprint density at radius 3 is 2.26 bits per heavy atom. The standard InChI is InChI=1S/C22H24O5/c1-22(2,13-7-10-19(23)27-3)16-11-12-17(18(14-16)21(25)26)20(24)15-8-5-4-6-9-15/h4-6,8-9,11-12,14H,7,10,13H2,1-3H3,(H,25,26). The van der Waals surface area contributed by atoms with Crippen molar-refractivity contribution >= 4 is 17.7 Å². The summed E-state index contributed by atoms with van der Waals surface area (Å²) in [6, 6.07) is 13.6. The van der Waals surface area contributed by atoms with Crippen LogP contribution in [-0.2, 0) is 14.9 Å². The third-order valence-corrected chi connectivity index (χ3v) is 4.72. The highest BCUT2D eigenvalue weighted by atomic mass is 16.5. The van der Waals surface area contributed by atoms with Crippen LogP contribution in [0.5, 0.6) is 0 Å². The molecular formula is C22H24O5. The summed E-state index contributed by atoms with van der Waals surface area (Å²) < 4.78 is 4.65. The summed E-state index contributed by atoms with van der Waals surface area (Å²) in [4.78, 5) is 35.8. The molecule has 5 nitrogen and oxygen atoms in total. The van der Waals surface area contributed by atoms with Gasteiger partial charge < -0.3 is 9.84 Å². The van der Waals surface area contributed by atoms with E-state index in [0.717, 1.165) is 5.56 Å². The van der Waals surface area contributed by atoms with E-state index in [1.54, 1.807) is 48.5 Å². The lowest BCUT2D eigenvalue weighted by molar-refractivity contribution is -0.140. The predicted molar refractivity (Wildman–Crippen MR) is 102 cm³/mol. The van der Waals surface area contributed by atoms with E-state index in [9.17, 15) is 19.5 Å². The second kappa shape index (κ2) is 8.62. The Kier molecular flexibility index (Phi) is 6.50. The van der Waals surface area contributed by atoms with Gasteiger partial charge in [-0.15, -0.1) is 0 Å². The molecule has 0 aromatic heterocycles. The van der Waals surface area contributed by atoms with Gasteiger partial charge in [-0.05, 0) is 36.0 Å². The molecule has 2 aromatic rings. The SMILES string of the molecule is COC(=O)CCCC(C)(C)c1ccc(C(=O)c2ccccc2)c(C(=O)O)c1. The first-order valence-corrected chi connectivity index (χ1v) is 8.80. The number of hydrogen-bond donors (Lipinski definition) is 1. The van der Waals surface area contributed by atoms with Gasteiger partial charge in [-0.1, -0.05) is 50.2 Å². The average molecular weight is 368 g/mol. The Hall–Kier alpha value is -2.95. The Morgan fingerprint density at radius 2 is 1.67 bits per heavy atom. The number of hydrogen-bond acceptors (Lipinski definition) is 4. The number of rotatable bonds is 8. The van der Waals surface area contributed by atoms with E-state index in [1.807, 2.05) is 13.8 Å². The van der Waals surface area contributed by atoms with Crippen LogP contribution in [0, 0.1) is 0 Å². The van der Waals surface area contributed by atoms with Crippen molar-refractivity contribution in [3.05, 3.63) is 70.8 Å². The normalized spacial score (nSPS) is 11.1. The lowest BCUT2D eigenvalue weighted by Crippen LogP contribution is -2.20. The topological polar surface area (TPSA) is 80.7 Å². The summed E-state index contributed by atoms with van der Waals surface area (Å²) in [5, 5.41) is 9.62. The van der Waals surface area contributed by atoms with Crippen molar-refractivity contribution in [1.82, 2.24) is 0 Å². The van der Waals surface area contributed by atoms with Crippen LogP contribution in [-0.4, -0.2) is 29.9 Å². The van der Waals surface area contributed by atoms with E-state index >= 15 is 0 Å². The first-order chi connectivity index (χ1) is 12.8. The molecule has 0 aliphatic rings. The molecule has 0 saturated carbocycles. The Balaban J connectivity index is 2.30. The van der Waals surface area contributed by atoms with Gasteiger partial charge in [-0.25, -0.2) is 4.79 Å². The minimum atomic E-state index is -1.14. The van der Waals surface area contributed by atoms with Crippen LogP contribution >= 0.6 is 0 Å². The molecule has 0 spiro atoms. The van der Waals surface area contributed by atoms with Crippen LogP contribution in [0.1, 0.15) is 65.0 Å². The van der Waals surface area contributed by atoms with Crippen LogP contribution in [0.25, 0.3) is 0 Å². The summed E-state index contributed by atoms with van der Waals surface area (Å²) >= 11 is 0. The van der Waals surface area contributed by atoms with Gasteiger partial charge in [0.1, 0.15) is 0 Å². The maximum atomic E-state index is 12.7. The molecule has 0 aliphatic heterocycles. The van der Waals surface area contributed by atoms with E-state index in [4.69, 9.17) is 0 Å². The van der Waals surface area contributed by atoms with Crippen LogP contribution in [0.3, 0.4) is 0 Å². The lowest BCUT2D eigenvalue weighted by Gasteiger charge is -2.26. The number of carbonyl (C=O) groups is 3. The van der Waals surface area contributed by atoms with Crippen molar-refractivity contribution in [2.24, 2.45) is 0 Å². The number of benzene rings is 2. The van der Waals surface area contributed by atoms with E-state index in [0.29, 0.717) is 24.8 Å². The minimum absolute atomic E-state index is 0.0117.